The summed E-state index contributed by atoms with van der Waals surface area (Å²) in [5, 5.41) is 1.28. The van der Waals surface area contributed by atoms with Crippen molar-refractivity contribution in [1.29, 1.82) is 0 Å². The highest BCUT2D eigenvalue weighted by atomic mass is 16.5. The third-order valence-electron chi connectivity index (χ3n) is 6.29. The van der Waals surface area contributed by atoms with Gasteiger partial charge in [0.1, 0.15) is 0 Å². The molecule has 27 heavy (non-hydrogen) atoms. The molecule has 0 radical (unpaired) electrons. The van der Waals surface area contributed by atoms with Crippen LogP contribution >= 0.6 is 0 Å². The number of likely N-dealkylation sites (tertiary alicyclic amines) is 2. The number of carbonyl (C=O) groups excluding carboxylic acids is 1. The topological polar surface area (TPSA) is 48.6 Å². The number of aromatic amines is 1. The maximum Gasteiger partial charge on any atom is 0.222 e. The van der Waals surface area contributed by atoms with Crippen molar-refractivity contribution in [3.63, 3.8) is 0 Å². The molecule has 1 atom stereocenters. The molecule has 2 aliphatic rings. The zero-order chi connectivity index (χ0) is 18.7. The number of aromatic nitrogens is 1. The molecule has 4 rings (SSSR count). The van der Waals surface area contributed by atoms with E-state index in [1.807, 2.05) is 6.20 Å². The number of fused-ring (bicyclic) bond motifs is 1. The van der Waals surface area contributed by atoms with Crippen molar-refractivity contribution in [2.45, 2.75) is 38.6 Å². The zero-order valence-electron chi connectivity index (χ0n) is 16.4. The molecule has 1 aromatic carbocycles. The standard InChI is InChI=1S/C22H31N3O2/c1-27-13-3-12-25-17-22(9-6-21(25)26)8-2-11-24(16-22)15-18-4-5-20-19(14-18)7-10-23-20/h4-5,7,10,14,23H,2-3,6,8-9,11-13,15-17H2,1H3. The molecule has 2 aromatic rings. The smallest absolute Gasteiger partial charge is 0.222 e. The summed E-state index contributed by atoms with van der Waals surface area (Å²) in [6.07, 6.45) is 7.15. The normalized spacial score (nSPS) is 24.2. The quantitative estimate of drug-likeness (QED) is 0.794. The molecular formula is C22H31N3O2. The van der Waals surface area contributed by atoms with Gasteiger partial charge in [0, 0.05) is 63.4 Å². The van der Waals surface area contributed by atoms with Crippen LogP contribution in [0.2, 0.25) is 0 Å². The second kappa shape index (κ2) is 8.03. The predicted molar refractivity (Wildman–Crippen MR) is 108 cm³/mol. The van der Waals surface area contributed by atoms with Gasteiger partial charge in [-0.15, -0.1) is 0 Å². The summed E-state index contributed by atoms with van der Waals surface area (Å²) >= 11 is 0. The van der Waals surface area contributed by atoms with Crippen LogP contribution in [0.4, 0.5) is 0 Å². The van der Waals surface area contributed by atoms with Gasteiger partial charge >= 0.3 is 0 Å². The van der Waals surface area contributed by atoms with E-state index in [-0.39, 0.29) is 5.41 Å². The lowest BCUT2D eigenvalue weighted by molar-refractivity contribution is -0.139. The van der Waals surface area contributed by atoms with Crippen LogP contribution in [0.5, 0.6) is 0 Å². The Bertz CT molecular complexity index is 787. The van der Waals surface area contributed by atoms with Crippen LogP contribution in [0.15, 0.2) is 30.5 Å². The van der Waals surface area contributed by atoms with E-state index in [0.717, 1.165) is 52.2 Å². The molecule has 2 fully saturated rings. The molecule has 1 N–H and O–H groups in total. The zero-order valence-corrected chi connectivity index (χ0v) is 16.4. The van der Waals surface area contributed by atoms with Crippen molar-refractivity contribution in [3.8, 4) is 0 Å². The van der Waals surface area contributed by atoms with Gasteiger partial charge < -0.3 is 14.6 Å². The number of methoxy groups -OCH3 is 1. The number of amides is 1. The molecule has 146 valence electrons. The molecule has 2 saturated heterocycles. The molecule has 5 heteroatoms. The van der Waals surface area contributed by atoms with Gasteiger partial charge in [-0.05, 0) is 61.4 Å². The molecule has 0 aliphatic carbocycles. The Balaban J connectivity index is 1.41. The first-order valence-corrected chi connectivity index (χ1v) is 10.2. The summed E-state index contributed by atoms with van der Waals surface area (Å²) in [7, 11) is 1.73. The van der Waals surface area contributed by atoms with Crippen LogP contribution < -0.4 is 0 Å². The second-order valence-electron chi connectivity index (χ2n) is 8.38. The van der Waals surface area contributed by atoms with Gasteiger partial charge in [-0.3, -0.25) is 9.69 Å². The molecule has 1 spiro atoms. The van der Waals surface area contributed by atoms with Crippen LogP contribution in [0.3, 0.4) is 0 Å². The first-order valence-electron chi connectivity index (χ1n) is 10.2. The van der Waals surface area contributed by atoms with E-state index < -0.39 is 0 Å². The van der Waals surface area contributed by atoms with Crippen LogP contribution in [-0.4, -0.2) is 60.6 Å². The Hall–Kier alpha value is -1.85. The lowest BCUT2D eigenvalue weighted by Gasteiger charge is -2.48. The van der Waals surface area contributed by atoms with Crippen molar-refractivity contribution in [2.24, 2.45) is 5.41 Å². The molecule has 1 aromatic heterocycles. The summed E-state index contributed by atoms with van der Waals surface area (Å²) in [5.74, 6) is 0.326. The number of ether oxygens (including phenoxy) is 1. The molecule has 5 nitrogen and oxygen atoms in total. The monoisotopic (exact) mass is 369 g/mol. The fourth-order valence-corrected chi connectivity index (χ4v) is 4.94. The largest absolute Gasteiger partial charge is 0.385 e. The summed E-state index contributed by atoms with van der Waals surface area (Å²) in [4.78, 5) is 20.3. The molecule has 3 heterocycles. The molecule has 1 unspecified atom stereocenters. The third kappa shape index (κ3) is 4.19. The van der Waals surface area contributed by atoms with Crippen LogP contribution in [0, 0.1) is 5.41 Å². The lowest BCUT2D eigenvalue weighted by atomic mass is 9.73. The highest BCUT2D eigenvalue weighted by Gasteiger charge is 2.41. The number of nitrogens with one attached hydrogen (secondary N) is 1. The van der Waals surface area contributed by atoms with E-state index in [4.69, 9.17) is 4.74 Å². The van der Waals surface area contributed by atoms with Gasteiger partial charge in [0.15, 0.2) is 0 Å². The maximum atomic E-state index is 12.4. The fourth-order valence-electron chi connectivity index (χ4n) is 4.94. The van der Waals surface area contributed by atoms with E-state index in [0.29, 0.717) is 12.3 Å². The number of benzene rings is 1. The highest BCUT2D eigenvalue weighted by Crippen LogP contribution is 2.39. The van der Waals surface area contributed by atoms with E-state index >= 15 is 0 Å². The van der Waals surface area contributed by atoms with Gasteiger partial charge in [0.25, 0.3) is 0 Å². The Morgan fingerprint density at radius 3 is 3.04 bits per heavy atom. The summed E-state index contributed by atoms with van der Waals surface area (Å²) in [6.45, 7) is 5.74. The minimum absolute atomic E-state index is 0.275. The Morgan fingerprint density at radius 2 is 2.15 bits per heavy atom. The van der Waals surface area contributed by atoms with Crippen molar-refractivity contribution < 1.29 is 9.53 Å². The van der Waals surface area contributed by atoms with E-state index in [2.05, 4.69) is 39.0 Å². The number of carbonyl (C=O) groups is 1. The number of hydrogen-bond acceptors (Lipinski definition) is 3. The van der Waals surface area contributed by atoms with Crippen molar-refractivity contribution >= 4 is 16.8 Å². The fraction of sp³-hybridized carbons (Fsp3) is 0.591. The number of piperidine rings is 2. The van der Waals surface area contributed by atoms with Gasteiger partial charge in [-0.2, -0.15) is 0 Å². The van der Waals surface area contributed by atoms with Gasteiger partial charge in [-0.1, -0.05) is 6.07 Å². The van der Waals surface area contributed by atoms with Crippen LogP contribution in [0.25, 0.3) is 10.9 Å². The number of rotatable bonds is 6. The Kier molecular flexibility index (Phi) is 5.50. The predicted octanol–water partition coefficient (Wildman–Crippen LogP) is 3.41. The van der Waals surface area contributed by atoms with Gasteiger partial charge in [-0.25, -0.2) is 0 Å². The number of hydrogen-bond donors (Lipinski definition) is 1. The highest BCUT2D eigenvalue weighted by molar-refractivity contribution is 5.80. The van der Waals surface area contributed by atoms with Gasteiger partial charge in [0.2, 0.25) is 5.91 Å². The molecule has 0 saturated carbocycles. The number of H-pyrrole nitrogens is 1. The first kappa shape index (κ1) is 18.5. The maximum absolute atomic E-state index is 12.4. The average molecular weight is 370 g/mol. The summed E-state index contributed by atoms with van der Waals surface area (Å²) in [5.41, 5.74) is 2.85. The molecular weight excluding hydrogens is 338 g/mol. The number of nitrogens with zero attached hydrogens (tertiary/aromatic N) is 2. The molecule has 1 amide bonds. The van der Waals surface area contributed by atoms with Crippen molar-refractivity contribution in [3.05, 3.63) is 36.0 Å². The first-order chi connectivity index (χ1) is 13.2. The van der Waals surface area contributed by atoms with Crippen molar-refractivity contribution in [2.75, 3.05) is 39.9 Å². The average Bonchev–Trinajstić information content (AvgIpc) is 3.13. The SMILES string of the molecule is COCCCN1CC2(CCCN(Cc3ccc4[nH]ccc4c3)C2)CCC1=O. The minimum atomic E-state index is 0.275. The minimum Gasteiger partial charge on any atom is -0.385 e. The Morgan fingerprint density at radius 1 is 1.22 bits per heavy atom. The summed E-state index contributed by atoms with van der Waals surface area (Å²) < 4.78 is 5.16. The molecule has 2 aliphatic heterocycles. The second-order valence-corrected chi connectivity index (χ2v) is 8.38. The lowest BCUT2D eigenvalue weighted by Crippen LogP contribution is -2.54. The van der Waals surface area contributed by atoms with Gasteiger partial charge in [0.05, 0.1) is 0 Å². The van der Waals surface area contributed by atoms with Crippen LogP contribution in [0.1, 0.15) is 37.7 Å². The summed E-state index contributed by atoms with van der Waals surface area (Å²) in [6, 6.07) is 8.86. The molecule has 0 bridgehead atoms. The van der Waals surface area contributed by atoms with E-state index in [1.165, 1.54) is 29.3 Å². The van der Waals surface area contributed by atoms with E-state index in [9.17, 15) is 4.79 Å². The van der Waals surface area contributed by atoms with E-state index in [1.54, 1.807) is 7.11 Å². The van der Waals surface area contributed by atoms with Crippen LogP contribution in [-0.2, 0) is 16.1 Å². The van der Waals surface area contributed by atoms with Crippen molar-refractivity contribution in [1.82, 2.24) is 14.8 Å². The Labute approximate surface area is 161 Å². The third-order valence-corrected chi connectivity index (χ3v) is 6.29.